The first-order valence-corrected chi connectivity index (χ1v) is 11.1. The molecule has 7 nitrogen and oxygen atoms in total. The number of rotatable bonds is 10. The van der Waals surface area contributed by atoms with Gasteiger partial charge in [-0.15, -0.1) is 6.58 Å². The van der Waals surface area contributed by atoms with Gasteiger partial charge in [0.2, 0.25) is 11.8 Å². The fourth-order valence-corrected chi connectivity index (χ4v) is 4.14. The van der Waals surface area contributed by atoms with Gasteiger partial charge in [0.25, 0.3) is 0 Å². The van der Waals surface area contributed by atoms with Gasteiger partial charge < -0.3 is 20.7 Å². The van der Waals surface area contributed by atoms with Crippen LogP contribution >= 0.6 is 0 Å². The van der Waals surface area contributed by atoms with E-state index in [1.807, 2.05) is 36.4 Å². The Morgan fingerprint density at radius 1 is 1.19 bits per heavy atom. The summed E-state index contributed by atoms with van der Waals surface area (Å²) in [6.45, 7) is 8.31. The van der Waals surface area contributed by atoms with E-state index in [9.17, 15) is 14.4 Å². The van der Waals surface area contributed by atoms with Crippen molar-refractivity contribution in [2.75, 3.05) is 13.1 Å². The SMILES string of the molecule is C=C[C@@H]1CCC(CNC(=O)OCc2ccccc2)C(NC(C)=O)(C(=O)NCCCC)C1. The maximum atomic E-state index is 13.3. The highest BCUT2D eigenvalue weighted by molar-refractivity contribution is 5.91. The first-order valence-electron chi connectivity index (χ1n) is 11.1. The molecule has 170 valence electrons. The molecule has 0 heterocycles. The summed E-state index contributed by atoms with van der Waals surface area (Å²) in [5.41, 5.74) is -0.198. The molecule has 1 aromatic carbocycles. The van der Waals surface area contributed by atoms with E-state index in [2.05, 4.69) is 29.5 Å². The Morgan fingerprint density at radius 3 is 2.58 bits per heavy atom. The Morgan fingerprint density at radius 2 is 1.94 bits per heavy atom. The molecule has 2 rings (SSSR count). The van der Waals surface area contributed by atoms with Crippen molar-refractivity contribution in [3.05, 3.63) is 48.6 Å². The van der Waals surface area contributed by atoms with E-state index in [-0.39, 0.29) is 36.8 Å². The van der Waals surface area contributed by atoms with Crippen molar-refractivity contribution in [1.29, 1.82) is 0 Å². The third-order valence-corrected chi connectivity index (χ3v) is 5.83. The zero-order valence-electron chi connectivity index (χ0n) is 18.6. The van der Waals surface area contributed by atoms with Crippen LogP contribution in [0.5, 0.6) is 0 Å². The molecular weight excluding hydrogens is 394 g/mol. The molecule has 1 fully saturated rings. The van der Waals surface area contributed by atoms with Gasteiger partial charge in [-0.1, -0.05) is 49.8 Å². The molecule has 31 heavy (non-hydrogen) atoms. The van der Waals surface area contributed by atoms with Crippen LogP contribution in [0.1, 0.15) is 51.5 Å². The van der Waals surface area contributed by atoms with Gasteiger partial charge >= 0.3 is 6.09 Å². The predicted octanol–water partition coefficient (Wildman–Crippen LogP) is 3.31. The minimum Gasteiger partial charge on any atom is -0.445 e. The van der Waals surface area contributed by atoms with Gasteiger partial charge in [-0.2, -0.15) is 0 Å². The number of alkyl carbamates (subject to hydrolysis) is 1. The third kappa shape index (κ3) is 7.12. The lowest BCUT2D eigenvalue weighted by Gasteiger charge is -2.45. The second-order valence-corrected chi connectivity index (χ2v) is 8.18. The number of allylic oxidation sites excluding steroid dienone is 1. The molecule has 1 aliphatic carbocycles. The molecule has 0 spiro atoms. The lowest BCUT2D eigenvalue weighted by atomic mass is 9.67. The van der Waals surface area contributed by atoms with E-state index >= 15 is 0 Å². The molecule has 3 N–H and O–H groups in total. The number of hydrogen-bond acceptors (Lipinski definition) is 4. The summed E-state index contributed by atoms with van der Waals surface area (Å²) >= 11 is 0. The van der Waals surface area contributed by atoms with Gasteiger partial charge in [-0.05, 0) is 37.2 Å². The van der Waals surface area contributed by atoms with Gasteiger partial charge in [0.1, 0.15) is 12.1 Å². The van der Waals surface area contributed by atoms with Crippen molar-refractivity contribution in [3.63, 3.8) is 0 Å². The van der Waals surface area contributed by atoms with Crippen molar-refractivity contribution in [2.24, 2.45) is 11.8 Å². The summed E-state index contributed by atoms with van der Waals surface area (Å²) < 4.78 is 5.30. The quantitative estimate of drug-likeness (QED) is 0.393. The number of unbranched alkanes of at least 4 members (excludes halogenated alkanes) is 1. The minimum atomic E-state index is -1.09. The van der Waals surface area contributed by atoms with E-state index in [1.165, 1.54) is 6.92 Å². The smallest absolute Gasteiger partial charge is 0.407 e. The number of benzene rings is 1. The highest BCUT2D eigenvalue weighted by Crippen LogP contribution is 2.38. The first-order chi connectivity index (χ1) is 14.9. The summed E-state index contributed by atoms with van der Waals surface area (Å²) in [6.07, 6.45) is 5.10. The second-order valence-electron chi connectivity index (χ2n) is 8.18. The van der Waals surface area contributed by atoms with Gasteiger partial charge in [-0.25, -0.2) is 4.79 Å². The Bertz CT molecular complexity index is 752. The van der Waals surface area contributed by atoms with E-state index in [0.717, 1.165) is 24.8 Å². The lowest BCUT2D eigenvalue weighted by molar-refractivity contribution is -0.137. The second kappa shape index (κ2) is 12.1. The highest BCUT2D eigenvalue weighted by Gasteiger charge is 2.49. The Balaban J connectivity index is 2.08. The molecule has 0 radical (unpaired) electrons. The Kier molecular flexibility index (Phi) is 9.56. The van der Waals surface area contributed by atoms with Gasteiger partial charge in [-0.3, -0.25) is 9.59 Å². The summed E-state index contributed by atoms with van der Waals surface area (Å²) in [7, 11) is 0. The third-order valence-electron chi connectivity index (χ3n) is 5.83. The van der Waals surface area contributed by atoms with Crippen LogP contribution in [0.4, 0.5) is 4.79 Å². The number of amides is 3. The van der Waals surface area contributed by atoms with Crippen LogP contribution in [0.25, 0.3) is 0 Å². The molecule has 0 bridgehead atoms. The summed E-state index contributed by atoms with van der Waals surface area (Å²) in [5, 5.41) is 8.69. The summed E-state index contributed by atoms with van der Waals surface area (Å²) in [6, 6.07) is 9.43. The standard InChI is InChI=1S/C24H35N3O4/c1-4-6-14-25-22(29)24(27-18(3)28)15-19(5-2)12-13-21(24)16-26-23(30)31-17-20-10-8-7-9-11-20/h5,7-11,19,21H,2,4,6,12-17H2,1,3H3,(H,25,29)(H,26,30)(H,27,28)/t19-,21?,24?/m1/s1. The van der Waals surface area contributed by atoms with Crippen molar-refractivity contribution in [3.8, 4) is 0 Å². The molecular formula is C24H35N3O4. The number of nitrogens with one attached hydrogen (secondary N) is 3. The van der Waals surface area contributed by atoms with Crippen molar-refractivity contribution in [2.45, 2.75) is 58.1 Å². The lowest BCUT2D eigenvalue weighted by Crippen LogP contribution is -2.66. The molecule has 1 saturated carbocycles. The van der Waals surface area contributed by atoms with Crippen LogP contribution in [-0.4, -0.2) is 36.5 Å². The number of hydrogen-bond donors (Lipinski definition) is 3. The molecule has 1 aromatic rings. The molecule has 1 aliphatic rings. The Labute approximate surface area is 185 Å². The largest absolute Gasteiger partial charge is 0.445 e. The normalized spacial score (nSPS) is 22.8. The molecule has 2 unspecified atom stereocenters. The van der Waals surface area contributed by atoms with E-state index in [1.54, 1.807) is 0 Å². The van der Waals surface area contributed by atoms with Crippen LogP contribution in [0.15, 0.2) is 43.0 Å². The number of carbonyl (C=O) groups excluding carboxylic acids is 3. The molecule has 7 heteroatoms. The molecule has 3 atom stereocenters. The predicted molar refractivity (Wildman–Crippen MR) is 120 cm³/mol. The van der Waals surface area contributed by atoms with Crippen LogP contribution in [0.2, 0.25) is 0 Å². The summed E-state index contributed by atoms with van der Waals surface area (Å²) in [5.74, 6) is -0.609. The van der Waals surface area contributed by atoms with Crippen LogP contribution in [-0.2, 0) is 20.9 Å². The molecule has 0 aromatic heterocycles. The van der Waals surface area contributed by atoms with Crippen molar-refractivity contribution >= 4 is 17.9 Å². The summed E-state index contributed by atoms with van der Waals surface area (Å²) in [4.78, 5) is 37.6. The van der Waals surface area contributed by atoms with Crippen molar-refractivity contribution < 1.29 is 19.1 Å². The maximum Gasteiger partial charge on any atom is 0.407 e. The molecule has 0 aliphatic heterocycles. The highest BCUT2D eigenvalue weighted by atomic mass is 16.5. The topological polar surface area (TPSA) is 96.5 Å². The van der Waals surface area contributed by atoms with E-state index in [0.29, 0.717) is 19.4 Å². The molecule has 0 saturated heterocycles. The van der Waals surface area contributed by atoms with E-state index < -0.39 is 11.6 Å². The number of carbonyl (C=O) groups is 3. The number of ether oxygens (including phenoxy) is 1. The fraction of sp³-hybridized carbons (Fsp3) is 0.542. The maximum absolute atomic E-state index is 13.3. The average molecular weight is 430 g/mol. The van der Waals surface area contributed by atoms with Crippen LogP contribution in [0, 0.1) is 11.8 Å². The monoisotopic (exact) mass is 429 g/mol. The minimum absolute atomic E-state index is 0.116. The first kappa shape index (κ1) is 24.4. The average Bonchev–Trinajstić information content (AvgIpc) is 2.77. The zero-order valence-corrected chi connectivity index (χ0v) is 18.6. The van der Waals surface area contributed by atoms with Gasteiger partial charge in [0.05, 0.1) is 0 Å². The van der Waals surface area contributed by atoms with Crippen LogP contribution < -0.4 is 16.0 Å². The Hall–Kier alpha value is -2.83. The fourth-order valence-electron chi connectivity index (χ4n) is 4.14. The van der Waals surface area contributed by atoms with Gasteiger partial charge in [0, 0.05) is 25.9 Å². The molecule has 3 amide bonds. The van der Waals surface area contributed by atoms with Crippen molar-refractivity contribution in [1.82, 2.24) is 16.0 Å². The zero-order chi connectivity index (χ0) is 22.7. The van der Waals surface area contributed by atoms with Gasteiger partial charge in [0.15, 0.2) is 0 Å². The van der Waals surface area contributed by atoms with E-state index in [4.69, 9.17) is 4.74 Å². The van der Waals surface area contributed by atoms with Crippen LogP contribution in [0.3, 0.4) is 0 Å².